The van der Waals surface area contributed by atoms with E-state index in [0.717, 1.165) is 50.5 Å². The van der Waals surface area contributed by atoms with Gasteiger partial charge in [-0.05, 0) is 95.8 Å². The molecule has 5 fully saturated rings. The molecule has 0 spiro atoms. The predicted molar refractivity (Wildman–Crippen MR) is 175 cm³/mol. The molecule has 2 saturated heterocycles. The molecule has 0 radical (unpaired) electrons. The molecule has 48 heavy (non-hydrogen) atoms. The van der Waals surface area contributed by atoms with E-state index in [1.165, 1.54) is 0 Å². The Hall–Kier alpha value is -3.05. The molecule has 6 aliphatic rings. The smallest absolute Gasteiger partial charge is 0.339 e. The zero-order chi connectivity index (χ0) is 33.6. The van der Waals surface area contributed by atoms with Crippen LogP contribution < -0.4 is 5.32 Å². The molecule has 0 aromatic heterocycles. The van der Waals surface area contributed by atoms with E-state index < -0.39 is 53.6 Å². The summed E-state index contributed by atoms with van der Waals surface area (Å²) < 4.78 is 30.8. The summed E-state index contributed by atoms with van der Waals surface area (Å²) in [5.74, 6) is -0.966. The van der Waals surface area contributed by atoms with Crippen molar-refractivity contribution in [1.29, 1.82) is 0 Å². The highest BCUT2D eigenvalue weighted by Gasteiger charge is 2.64. The summed E-state index contributed by atoms with van der Waals surface area (Å²) in [6, 6.07) is 6.78. The summed E-state index contributed by atoms with van der Waals surface area (Å²) >= 11 is 0. The molecule has 1 amide bonds. The number of hydrogen-bond acceptors (Lipinski definition) is 9. The quantitative estimate of drug-likeness (QED) is 0.234. The first kappa shape index (κ1) is 33.4. The molecular weight excluding hydrogens is 614 g/mol. The lowest BCUT2D eigenvalue weighted by Gasteiger charge is -2.31. The summed E-state index contributed by atoms with van der Waals surface area (Å²) in [5, 5.41) is 12.9. The molecule has 4 aliphatic carbocycles. The number of carbonyl (C=O) groups excluding carboxylic acids is 3. The first-order valence-corrected chi connectivity index (χ1v) is 17.8. The maximum atomic E-state index is 13.9. The monoisotopic (exact) mass is 663 g/mol. The topological polar surface area (TPSA) is 133 Å². The van der Waals surface area contributed by atoms with Crippen molar-refractivity contribution in [3.05, 3.63) is 53.1 Å². The van der Waals surface area contributed by atoms with Gasteiger partial charge in [-0.1, -0.05) is 30.4 Å². The predicted octanol–water partition coefficient (Wildman–Crippen LogP) is 5.02. The number of esters is 2. The Labute approximate surface area is 282 Å². The van der Waals surface area contributed by atoms with Crippen molar-refractivity contribution in [2.45, 2.75) is 133 Å². The summed E-state index contributed by atoms with van der Waals surface area (Å²) in [5.41, 5.74) is 1.03. The lowest BCUT2D eigenvalue weighted by atomic mass is 9.88. The van der Waals surface area contributed by atoms with E-state index >= 15 is 0 Å². The van der Waals surface area contributed by atoms with Crippen molar-refractivity contribution in [2.75, 3.05) is 6.61 Å². The van der Waals surface area contributed by atoms with Crippen LogP contribution in [0.25, 0.3) is 6.08 Å². The highest BCUT2D eigenvalue weighted by Crippen LogP contribution is 2.59. The lowest BCUT2D eigenvalue weighted by Crippen LogP contribution is -2.45. The number of aliphatic hydroxyl groups excluding tert-OH is 1. The van der Waals surface area contributed by atoms with E-state index in [4.69, 9.17) is 23.7 Å². The number of rotatable bonds is 12. The Bertz CT molecular complexity index is 1440. The molecular formula is C38H49NO9. The Morgan fingerprint density at radius 1 is 1.04 bits per heavy atom. The maximum absolute atomic E-state index is 13.9. The fraction of sp³-hybridized carbons (Fsp3) is 0.658. The molecule has 2 N–H and O–H groups in total. The van der Waals surface area contributed by atoms with E-state index in [1.807, 2.05) is 24.3 Å². The summed E-state index contributed by atoms with van der Waals surface area (Å²) in [6.45, 7) is 5.05. The molecule has 1 aromatic carbocycles. The Kier molecular flexibility index (Phi) is 9.30. The van der Waals surface area contributed by atoms with Crippen LogP contribution in [-0.4, -0.2) is 77.5 Å². The molecule has 0 bridgehead atoms. The fourth-order valence-corrected chi connectivity index (χ4v) is 7.62. The number of aliphatic hydroxyl groups is 1. The first-order chi connectivity index (χ1) is 23.0. The molecule has 7 rings (SSSR count). The second-order valence-electron chi connectivity index (χ2n) is 15.5. The molecule has 10 nitrogen and oxygen atoms in total. The largest absolute Gasteiger partial charge is 0.460 e. The second-order valence-corrected chi connectivity index (χ2v) is 15.5. The van der Waals surface area contributed by atoms with Crippen LogP contribution >= 0.6 is 0 Å². The van der Waals surface area contributed by atoms with Gasteiger partial charge in [-0.3, -0.25) is 9.59 Å². The minimum absolute atomic E-state index is 0.0541. The van der Waals surface area contributed by atoms with Gasteiger partial charge in [0.2, 0.25) is 5.91 Å². The number of fused-ring (bicyclic) bond motifs is 2. The summed E-state index contributed by atoms with van der Waals surface area (Å²) in [6.07, 6.45) is 12.7. The van der Waals surface area contributed by atoms with Crippen LogP contribution in [0.3, 0.4) is 0 Å². The highest BCUT2D eigenvalue weighted by molar-refractivity contribution is 5.95. The molecule has 260 valence electrons. The van der Waals surface area contributed by atoms with Gasteiger partial charge in [0.1, 0.15) is 23.9 Å². The van der Waals surface area contributed by atoms with Gasteiger partial charge in [-0.15, -0.1) is 0 Å². The van der Waals surface area contributed by atoms with Gasteiger partial charge in [0.15, 0.2) is 5.79 Å². The Morgan fingerprint density at radius 2 is 1.79 bits per heavy atom. The third-order valence-corrected chi connectivity index (χ3v) is 10.4. The lowest BCUT2D eigenvalue weighted by molar-refractivity contribution is -0.209. The molecule has 2 aliphatic heterocycles. The van der Waals surface area contributed by atoms with E-state index in [2.05, 4.69) is 11.4 Å². The van der Waals surface area contributed by atoms with E-state index in [0.29, 0.717) is 41.1 Å². The standard InChI is InChI=1S/C38H49NO9/c1-37(2,3)47-33(41)17-15-27(21-40)39-35(42)24-19-31(34-32(20-24)46-38(48-34,25-11-12-25)26-13-14-26)45-36(43)28-7-5-4-6-23(28)10-8-22-9-16-29-30(18-22)44-29/h4-8,10,20,22,25-27,29-32,34,40H,9,11-19,21H2,1-3H3,(H,39,42). The molecule has 10 heteroatoms. The second kappa shape index (κ2) is 13.3. The van der Waals surface area contributed by atoms with E-state index in [-0.39, 0.29) is 25.9 Å². The Balaban J connectivity index is 1.06. The molecule has 7 unspecified atom stereocenters. The number of carbonyl (C=O) groups is 3. The average molecular weight is 664 g/mol. The van der Waals surface area contributed by atoms with Crippen molar-refractivity contribution in [3.8, 4) is 0 Å². The molecule has 7 atom stereocenters. The van der Waals surface area contributed by atoms with Gasteiger partial charge in [-0.2, -0.15) is 0 Å². The first-order valence-electron chi connectivity index (χ1n) is 17.8. The van der Waals surface area contributed by atoms with Crippen molar-refractivity contribution < 1.29 is 43.2 Å². The number of allylic oxidation sites excluding steroid dienone is 1. The zero-order valence-corrected chi connectivity index (χ0v) is 28.2. The van der Waals surface area contributed by atoms with Gasteiger partial charge in [0, 0.05) is 30.3 Å². The minimum Gasteiger partial charge on any atom is -0.460 e. The number of ether oxygens (including phenoxy) is 5. The summed E-state index contributed by atoms with van der Waals surface area (Å²) in [7, 11) is 0. The van der Waals surface area contributed by atoms with Crippen LogP contribution in [0.4, 0.5) is 0 Å². The number of benzene rings is 1. The number of nitrogens with one attached hydrogen (secondary N) is 1. The number of epoxide rings is 1. The van der Waals surface area contributed by atoms with Crippen molar-refractivity contribution in [2.24, 2.45) is 17.8 Å². The minimum atomic E-state index is -0.749. The average Bonchev–Trinajstić information content (AvgIpc) is 3.92. The van der Waals surface area contributed by atoms with Crippen LogP contribution in [0.5, 0.6) is 0 Å². The fourth-order valence-electron chi connectivity index (χ4n) is 7.62. The Morgan fingerprint density at radius 3 is 2.48 bits per heavy atom. The van der Waals surface area contributed by atoms with Crippen molar-refractivity contribution in [1.82, 2.24) is 5.32 Å². The normalized spacial score (nSPS) is 31.3. The molecule has 2 heterocycles. The summed E-state index contributed by atoms with van der Waals surface area (Å²) in [4.78, 5) is 39.8. The van der Waals surface area contributed by atoms with Crippen LogP contribution in [0, 0.1) is 17.8 Å². The number of hydrogen-bond donors (Lipinski definition) is 2. The van der Waals surface area contributed by atoms with Gasteiger partial charge in [0.25, 0.3) is 0 Å². The van der Waals surface area contributed by atoms with Crippen molar-refractivity contribution >= 4 is 23.9 Å². The van der Waals surface area contributed by atoms with Crippen LogP contribution in [0.15, 0.2) is 42.0 Å². The molecule has 3 saturated carbocycles. The highest BCUT2D eigenvalue weighted by atomic mass is 16.8. The van der Waals surface area contributed by atoms with E-state index in [9.17, 15) is 19.5 Å². The van der Waals surface area contributed by atoms with Gasteiger partial charge >= 0.3 is 11.9 Å². The molecule has 1 aromatic rings. The van der Waals surface area contributed by atoms with Gasteiger partial charge in [0.05, 0.1) is 30.4 Å². The third-order valence-electron chi connectivity index (χ3n) is 10.4. The maximum Gasteiger partial charge on any atom is 0.339 e. The third kappa shape index (κ3) is 7.57. The van der Waals surface area contributed by atoms with Gasteiger partial charge < -0.3 is 34.1 Å². The van der Waals surface area contributed by atoms with Crippen LogP contribution in [0.1, 0.15) is 101 Å². The van der Waals surface area contributed by atoms with E-state index in [1.54, 1.807) is 32.9 Å². The van der Waals surface area contributed by atoms with Crippen molar-refractivity contribution in [3.63, 3.8) is 0 Å². The SMILES string of the molecule is CC(C)(C)OC(=O)CCC(CO)NC(=O)C1=CC2OC(C3CC3)(C3CC3)OC2C(OC(=O)c2ccccc2C=CC2CCC3OC3C2)C1. The zero-order valence-electron chi connectivity index (χ0n) is 28.2. The van der Waals surface area contributed by atoms with Crippen LogP contribution in [0.2, 0.25) is 0 Å². The van der Waals surface area contributed by atoms with Crippen LogP contribution in [-0.2, 0) is 33.3 Å². The number of amides is 1. The van der Waals surface area contributed by atoms with Gasteiger partial charge in [-0.25, -0.2) is 4.79 Å².